The quantitative estimate of drug-likeness (QED) is 0.515. The van der Waals surface area contributed by atoms with Crippen molar-refractivity contribution in [3.05, 3.63) is 0 Å². The molecule has 6 nitrogen and oxygen atoms in total. The standard InChI is InChI=1S/C7H14N2O2.2H2O/c1-6(7(10)11)9-4-2-8-3-5-9;;/h6,8H,2-5H2,1H3,(H,10,11);2*1H2/t6-;;/m0../s1. The predicted octanol–water partition coefficient (Wildman–Crippen LogP) is -2.28. The second-order valence-electron chi connectivity index (χ2n) is 2.80. The number of nitrogens with zero attached hydrogens (tertiary/aromatic N) is 1. The Morgan fingerprint density at radius 1 is 1.38 bits per heavy atom. The van der Waals surface area contributed by atoms with Crippen LogP contribution in [0.1, 0.15) is 6.92 Å². The first-order chi connectivity index (χ1) is 5.22. The lowest BCUT2D eigenvalue weighted by molar-refractivity contribution is -0.142. The van der Waals surface area contributed by atoms with Crippen molar-refractivity contribution in [3.8, 4) is 0 Å². The van der Waals surface area contributed by atoms with E-state index in [9.17, 15) is 4.79 Å². The van der Waals surface area contributed by atoms with E-state index < -0.39 is 5.97 Å². The van der Waals surface area contributed by atoms with Gasteiger partial charge in [0.25, 0.3) is 0 Å². The van der Waals surface area contributed by atoms with Gasteiger partial charge >= 0.3 is 5.97 Å². The minimum Gasteiger partial charge on any atom is -0.480 e. The Hall–Kier alpha value is -0.690. The molecule has 1 atom stereocenters. The van der Waals surface area contributed by atoms with Gasteiger partial charge < -0.3 is 21.4 Å². The third kappa shape index (κ3) is 4.18. The lowest BCUT2D eigenvalue weighted by Gasteiger charge is -2.30. The number of rotatable bonds is 2. The van der Waals surface area contributed by atoms with Crippen LogP contribution in [0.2, 0.25) is 0 Å². The first-order valence-electron chi connectivity index (χ1n) is 3.89. The summed E-state index contributed by atoms with van der Waals surface area (Å²) in [7, 11) is 0. The molecule has 1 heterocycles. The van der Waals surface area contributed by atoms with Crippen molar-refractivity contribution in [1.29, 1.82) is 0 Å². The highest BCUT2D eigenvalue weighted by atomic mass is 16.4. The molecule has 80 valence electrons. The van der Waals surface area contributed by atoms with Crippen molar-refractivity contribution in [2.24, 2.45) is 0 Å². The summed E-state index contributed by atoms with van der Waals surface area (Å²) in [6.07, 6.45) is 0. The van der Waals surface area contributed by atoms with Gasteiger partial charge in [0, 0.05) is 26.2 Å². The Balaban J connectivity index is 0. The third-order valence-electron chi connectivity index (χ3n) is 2.06. The van der Waals surface area contributed by atoms with E-state index in [1.165, 1.54) is 0 Å². The Labute approximate surface area is 77.2 Å². The summed E-state index contributed by atoms with van der Waals surface area (Å²) in [5.41, 5.74) is 0. The highest BCUT2D eigenvalue weighted by Crippen LogP contribution is 1.99. The van der Waals surface area contributed by atoms with Gasteiger partial charge in [0.15, 0.2) is 0 Å². The maximum absolute atomic E-state index is 10.5. The summed E-state index contributed by atoms with van der Waals surface area (Å²) >= 11 is 0. The molecule has 0 unspecified atom stereocenters. The maximum atomic E-state index is 10.5. The molecule has 1 fully saturated rings. The number of carboxylic acid groups (broad SMARTS) is 1. The number of piperazine rings is 1. The normalized spacial score (nSPS) is 19.5. The number of carbonyl (C=O) groups is 1. The van der Waals surface area contributed by atoms with Crippen LogP contribution in [0.5, 0.6) is 0 Å². The van der Waals surface area contributed by atoms with Gasteiger partial charge in [-0.25, -0.2) is 0 Å². The zero-order chi connectivity index (χ0) is 8.27. The van der Waals surface area contributed by atoms with Crippen LogP contribution in [0.3, 0.4) is 0 Å². The molecular weight excluding hydrogens is 176 g/mol. The lowest BCUT2D eigenvalue weighted by Crippen LogP contribution is -2.49. The summed E-state index contributed by atoms with van der Waals surface area (Å²) in [6.45, 7) is 5.21. The molecule has 0 aromatic carbocycles. The van der Waals surface area contributed by atoms with Crippen LogP contribution in [-0.2, 0) is 4.79 Å². The Kier molecular flexibility index (Phi) is 7.73. The van der Waals surface area contributed by atoms with E-state index in [0.717, 1.165) is 26.2 Å². The molecule has 0 aromatic rings. The fourth-order valence-electron chi connectivity index (χ4n) is 1.23. The smallest absolute Gasteiger partial charge is 0.320 e. The van der Waals surface area contributed by atoms with Crippen molar-refractivity contribution in [2.45, 2.75) is 13.0 Å². The highest BCUT2D eigenvalue weighted by Gasteiger charge is 2.21. The summed E-state index contributed by atoms with van der Waals surface area (Å²) in [6, 6.07) is -0.336. The Morgan fingerprint density at radius 2 is 1.85 bits per heavy atom. The predicted molar refractivity (Wildman–Crippen MR) is 48.8 cm³/mol. The first kappa shape index (κ1) is 14.8. The van der Waals surface area contributed by atoms with Gasteiger partial charge in [0.2, 0.25) is 0 Å². The monoisotopic (exact) mass is 194 g/mol. The van der Waals surface area contributed by atoms with Gasteiger partial charge in [-0.2, -0.15) is 0 Å². The second kappa shape index (κ2) is 6.79. The molecule has 1 saturated heterocycles. The molecule has 1 rings (SSSR count). The number of hydrogen-bond donors (Lipinski definition) is 2. The largest absolute Gasteiger partial charge is 0.480 e. The molecule has 1 aliphatic rings. The van der Waals surface area contributed by atoms with Crippen LogP contribution in [0.4, 0.5) is 0 Å². The zero-order valence-electron chi connectivity index (χ0n) is 7.71. The summed E-state index contributed by atoms with van der Waals surface area (Å²) in [5, 5.41) is 11.8. The van der Waals surface area contributed by atoms with Crippen LogP contribution in [-0.4, -0.2) is 59.1 Å². The summed E-state index contributed by atoms with van der Waals surface area (Å²) < 4.78 is 0. The van der Waals surface area contributed by atoms with Crippen LogP contribution >= 0.6 is 0 Å². The van der Waals surface area contributed by atoms with Gasteiger partial charge in [0.1, 0.15) is 6.04 Å². The van der Waals surface area contributed by atoms with E-state index in [4.69, 9.17) is 5.11 Å². The average Bonchev–Trinajstić information content (AvgIpc) is 2.05. The maximum Gasteiger partial charge on any atom is 0.320 e. The Morgan fingerprint density at radius 3 is 2.23 bits per heavy atom. The lowest BCUT2D eigenvalue weighted by atomic mass is 10.2. The van der Waals surface area contributed by atoms with Gasteiger partial charge in [-0.3, -0.25) is 9.69 Å². The fraction of sp³-hybridized carbons (Fsp3) is 0.857. The van der Waals surface area contributed by atoms with Crippen LogP contribution in [0.15, 0.2) is 0 Å². The molecule has 1 aliphatic heterocycles. The van der Waals surface area contributed by atoms with E-state index in [1.54, 1.807) is 6.92 Å². The van der Waals surface area contributed by atoms with Gasteiger partial charge in [-0.05, 0) is 6.92 Å². The first-order valence-corrected chi connectivity index (χ1v) is 3.89. The van der Waals surface area contributed by atoms with Crippen molar-refractivity contribution in [1.82, 2.24) is 10.2 Å². The molecule has 0 amide bonds. The zero-order valence-corrected chi connectivity index (χ0v) is 7.71. The Bertz CT molecular complexity index is 147. The number of nitrogens with one attached hydrogen (secondary N) is 1. The molecule has 0 aromatic heterocycles. The molecule has 6 N–H and O–H groups in total. The molecule has 6 heteroatoms. The topological polar surface area (TPSA) is 116 Å². The summed E-state index contributed by atoms with van der Waals surface area (Å²) in [4.78, 5) is 12.5. The minimum atomic E-state index is -0.730. The van der Waals surface area contributed by atoms with Crippen molar-refractivity contribution in [2.75, 3.05) is 26.2 Å². The van der Waals surface area contributed by atoms with Gasteiger partial charge in [0.05, 0.1) is 0 Å². The van der Waals surface area contributed by atoms with Crippen LogP contribution < -0.4 is 5.32 Å². The summed E-state index contributed by atoms with van der Waals surface area (Å²) in [5.74, 6) is -0.730. The van der Waals surface area contributed by atoms with Gasteiger partial charge in [-0.15, -0.1) is 0 Å². The third-order valence-corrected chi connectivity index (χ3v) is 2.06. The van der Waals surface area contributed by atoms with Crippen molar-refractivity contribution in [3.63, 3.8) is 0 Å². The molecule has 0 bridgehead atoms. The van der Waals surface area contributed by atoms with Crippen molar-refractivity contribution < 1.29 is 20.9 Å². The second-order valence-corrected chi connectivity index (χ2v) is 2.80. The van der Waals surface area contributed by atoms with E-state index in [1.807, 2.05) is 4.90 Å². The van der Waals surface area contributed by atoms with Crippen LogP contribution in [0, 0.1) is 0 Å². The van der Waals surface area contributed by atoms with Gasteiger partial charge in [-0.1, -0.05) is 0 Å². The molecular formula is C7H18N2O4. The minimum absolute atomic E-state index is 0. The molecule has 0 radical (unpaired) electrons. The fourth-order valence-corrected chi connectivity index (χ4v) is 1.23. The van der Waals surface area contributed by atoms with Crippen molar-refractivity contribution >= 4 is 5.97 Å². The average molecular weight is 194 g/mol. The number of aliphatic carboxylic acids is 1. The molecule has 13 heavy (non-hydrogen) atoms. The highest BCUT2D eigenvalue weighted by molar-refractivity contribution is 5.72. The van der Waals surface area contributed by atoms with E-state index in [-0.39, 0.29) is 17.0 Å². The van der Waals surface area contributed by atoms with Crippen LogP contribution in [0.25, 0.3) is 0 Å². The number of hydrogen-bond acceptors (Lipinski definition) is 3. The SMILES string of the molecule is C[C@@H](C(=O)O)N1CCNCC1.O.O. The molecule has 0 aliphatic carbocycles. The van der Waals surface area contributed by atoms with E-state index in [0.29, 0.717) is 0 Å². The number of carboxylic acids is 1. The van der Waals surface area contributed by atoms with E-state index in [2.05, 4.69) is 5.32 Å². The molecule has 0 spiro atoms. The molecule has 0 saturated carbocycles. The van der Waals surface area contributed by atoms with E-state index >= 15 is 0 Å².